The van der Waals surface area contributed by atoms with Crippen molar-refractivity contribution >= 4 is 11.7 Å². The standard InChI is InChI=1S/C15H20F2N2O3/c1-9-7-19(8-10(2)21-9)15(20)18-12-5-4-6-13(11(12)3)22-14(16)17/h4-6,9-10,14H,7-8H2,1-3H3,(H,18,20). The van der Waals surface area contributed by atoms with E-state index in [9.17, 15) is 13.6 Å². The van der Waals surface area contributed by atoms with E-state index in [1.165, 1.54) is 6.07 Å². The molecule has 0 aliphatic carbocycles. The Hall–Kier alpha value is -1.89. The summed E-state index contributed by atoms with van der Waals surface area (Å²) in [5.41, 5.74) is 0.917. The largest absolute Gasteiger partial charge is 0.434 e. The van der Waals surface area contributed by atoms with Crippen molar-refractivity contribution in [3.05, 3.63) is 23.8 Å². The van der Waals surface area contributed by atoms with Gasteiger partial charge in [0.05, 0.1) is 12.2 Å². The van der Waals surface area contributed by atoms with E-state index in [0.717, 1.165) is 0 Å². The van der Waals surface area contributed by atoms with E-state index in [4.69, 9.17) is 4.74 Å². The van der Waals surface area contributed by atoms with Crippen LogP contribution in [-0.2, 0) is 4.74 Å². The van der Waals surface area contributed by atoms with E-state index < -0.39 is 6.61 Å². The molecule has 5 nitrogen and oxygen atoms in total. The first kappa shape index (κ1) is 16.5. The van der Waals surface area contributed by atoms with E-state index in [0.29, 0.717) is 24.3 Å². The Labute approximate surface area is 128 Å². The second-order valence-electron chi connectivity index (χ2n) is 5.40. The maximum absolute atomic E-state index is 12.3. The molecule has 2 rings (SSSR count). The number of ether oxygens (including phenoxy) is 2. The molecule has 1 aromatic rings. The topological polar surface area (TPSA) is 50.8 Å². The lowest BCUT2D eigenvalue weighted by molar-refractivity contribution is -0.0531. The van der Waals surface area contributed by atoms with Gasteiger partial charge in [0.15, 0.2) is 0 Å². The van der Waals surface area contributed by atoms with Crippen LogP contribution in [0, 0.1) is 6.92 Å². The number of alkyl halides is 2. The van der Waals surface area contributed by atoms with Crippen molar-refractivity contribution in [1.82, 2.24) is 4.90 Å². The van der Waals surface area contributed by atoms with Gasteiger partial charge in [0.1, 0.15) is 5.75 Å². The number of benzene rings is 1. The maximum atomic E-state index is 12.3. The van der Waals surface area contributed by atoms with Crippen molar-refractivity contribution in [2.24, 2.45) is 0 Å². The average molecular weight is 314 g/mol. The summed E-state index contributed by atoms with van der Waals surface area (Å²) < 4.78 is 34.7. The molecule has 1 saturated heterocycles. The van der Waals surface area contributed by atoms with Gasteiger partial charge in [-0.1, -0.05) is 6.07 Å². The summed E-state index contributed by atoms with van der Waals surface area (Å²) in [4.78, 5) is 14.0. The Balaban J connectivity index is 2.08. The molecule has 1 aliphatic rings. The molecule has 0 saturated carbocycles. The lowest BCUT2D eigenvalue weighted by Gasteiger charge is -2.35. The van der Waals surface area contributed by atoms with E-state index in [1.54, 1.807) is 24.0 Å². The summed E-state index contributed by atoms with van der Waals surface area (Å²) in [5.74, 6) is 0.0523. The fourth-order valence-electron chi connectivity index (χ4n) is 2.51. The molecule has 22 heavy (non-hydrogen) atoms. The van der Waals surface area contributed by atoms with Crippen LogP contribution in [0.4, 0.5) is 19.3 Å². The summed E-state index contributed by atoms with van der Waals surface area (Å²) in [5, 5.41) is 2.74. The molecule has 1 fully saturated rings. The summed E-state index contributed by atoms with van der Waals surface area (Å²) >= 11 is 0. The lowest BCUT2D eigenvalue weighted by atomic mass is 10.2. The molecule has 2 amide bonds. The predicted molar refractivity (Wildman–Crippen MR) is 78.4 cm³/mol. The Kier molecular flexibility index (Phi) is 5.18. The first-order valence-corrected chi connectivity index (χ1v) is 7.12. The summed E-state index contributed by atoms with van der Waals surface area (Å²) in [6, 6.07) is 4.37. The molecule has 122 valence electrons. The highest BCUT2D eigenvalue weighted by Gasteiger charge is 2.26. The van der Waals surface area contributed by atoms with Crippen LogP contribution in [0.5, 0.6) is 5.75 Å². The molecule has 0 bridgehead atoms. The molecule has 0 aromatic heterocycles. The third-order valence-corrected chi connectivity index (χ3v) is 3.45. The van der Waals surface area contributed by atoms with Gasteiger partial charge in [-0.2, -0.15) is 8.78 Å². The van der Waals surface area contributed by atoms with Crippen LogP contribution in [0.25, 0.3) is 0 Å². The van der Waals surface area contributed by atoms with Crippen molar-refractivity contribution in [3.8, 4) is 5.75 Å². The van der Waals surface area contributed by atoms with Crippen molar-refractivity contribution in [2.75, 3.05) is 18.4 Å². The number of anilines is 1. The van der Waals surface area contributed by atoms with Gasteiger partial charge < -0.3 is 19.7 Å². The predicted octanol–water partition coefficient (Wildman–Crippen LogP) is 3.24. The second-order valence-corrected chi connectivity index (χ2v) is 5.40. The smallest absolute Gasteiger partial charge is 0.387 e. The minimum Gasteiger partial charge on any atom is -0.434 e. The van der Waals surface area contributed by atoms with Gasteiger partial charge in [0.2, 0.25) is 0 Å². The zero-order chi connectivity index (χ0) is 16.3. The number of urea groups is 1. The molecular weight excluding hydrogens is 294 g/mol. The van der Waals surface area contributed by atoms with E-state index in [-0.39, 0.29) is 24.0 Å². The van der Waals surface area contributed by atoms with Gasteiger partial charge in [-0.05, 0) is 32.9 Å². The van der Waals surface area contributed by atoms with Crippen LogP contribution in [0.3, 0.4) is 0 Å². The van der Waals surface area contributed by atoms with Gasteiger partial charge >= 0.3 is 12.6 Å². The van der Waals surface area contributed by atoms with Crippen LogP contribution in [-0.4, -0.2) is 42.8 Å². The van der Waals surface area contributed by atoms with Crippen LogP contribution in [0.1, 0.15) is 19.4 Å². The summed E-state index contributed by atoms with van der Waals surface area (Å²) in [7, 11) is 0. The highest BCUT2D eigenvalue weighted by atomic mass is 19.3. The minimum absolute atomic E-state index is 0.0379. The third-order valence-electron chi connectivity index (χ3n) is 3.45. The number of carbonyl (C=O) groups excluding carboxylic acids is 1. The van der Waals surface area contributed by atoms with Crippen LogP contribution < -0.4 is 10.1 Å². The Bertz CT molecular complexity index is 530. The molecule has 1 aliphatic heterocycles. The van der Waals surface area contributed by atoms with E-state index in [1.807, 2.05) is 13.8 Å². The van der Waals surface area contributed by atoms with Gasteiger partial charge in [-0.25, -0.2) is 4.79 Å². The quantitative estimate of drug-likeness (QED) is 0.932. The van der Waals surface area contributed by atoms with Gasteiger partial charge in [-0.15, -0.1) is 0 Å². The number of morpholine rings is 1. The van der Waals surface area contributed by atoms with Crippen molar-refractivity contribution in [2.45, 2.75) is 39.6 Å². The zero-order valence-corrected chi connectivity index (χ0v) is 12.8. The Morgan fingerprint density at radius 1 is 1.36 bits per heavy atom. The van der Waals surface area contributed by atoms with Crippen LogP contribution >= 0.6 is 0 Å². The molecule has 2 atom stereocenters. The number of carbonyl (C=O) groups is 1. The lowest BCUT2D eigenvalue weighted by Crippen LogP contribution is -2.49. The van der Waals surface area contributed by atoms with E-state index in [2.05, 4.69) is 10.1 Å². The van der Waals surface area contributed by atoms with Crippen molar-refractivity contribution in [1.29, 1.82) is 0 Å². The average Bonchev–Trinajstić information content (AvgIpc) is 2.41. The fraction of sp³-hybridized carbons (Fsp3) is 0.533. The monoisotopic (exact) mass is 314 g/mol. The molecule has 1 heterocycles. The van der Waals surface area contributed by atoms with E-state index >= 15 is 0 Å². The zero-order valence-electron chi connectivity index (χ0n) is 12.8. The summed E-state index contributed by atoms with van der Waals surface area (Å²) in [6.07, 6.45) is -0.0757. The molecular formula is C15H20F2N2O3. The van der Waals surface area contributed by atoms with Gasteiger partial charge in [0.25, 0.3) is 0 Å². The molecule has 2 unspecified atom stereocenters. The number of nitrogens with zero attached hydrogens (tertiary/aromatic N) is 1. The first-order valence-electron chi connectivity index (χ1n) is 7.12. The molecule has 0 spiro atoms. The molecule has 0 radical (unpaired) electrons. The number of hydrogen-bond acceptors (Lipinski definition) is 3. The molecule has 1 aromatic carbocycles. The van der Waals surface area contributed by atoms with Crippen molar-refractivity contribution in [3.63, 3.8) is 0 Å². The Morgan fingerprint density at radius 3 is 2.59 bits per heavy atom. The van der Waals surface area contributed by atoms with Gasteiger partial charge in [-0.3, -0.25) is 0 Å². The molecule has 7 heteroatoms. The van der Waals surface area contributed by atoms with Gasteiger partial charge in [0, 0.05) is 24.3 Å². The second kappa shape index (κ2) is 6.91. The number of amides is 2. The SMILES string of the molecule is Cc1c(NC(=O)N2CC(C)OC(C)C2)cccc1OC(F)F. The number of rotatable bonds is 3. The number of hydrogen-bond donors (Lipinski definition) is 1. The highest BCUT2D eigenvalue weighted by molar-refractivity contribution is 5.90. The molecule has 1 N–H and O–H groups in total. The third kappa shape index (κ3) is 4.07. The highest BCUT2D eigenvalue weighted by Crippen LogP contribution is 2.27. The van der Waals surface area contributed by atoms with Crippen LogP contribution in [0.15, 0.2) is 18.2 Å². The van der Waals surface area contributed by atoms with Crippen LogP contribution in [0.2, 0.25) is 0 Å². The number of nitrogens with one attached hydrogen (secondary N) is 1. The maximum Gasteiger partial charge on any atom is 0.387 e. The van der Waals surface area contributed by atoms with Crippen molar-refractivity contribution < 1.29 is 23.0 Å². The Morgan fingerprint density at radius 2 is 2.00 bits per heavy atom. The number of halogens is 2. The minimum atomic E-state index is -2.90. The normalized spacial score (nSPS) is 21.8. The fourth-order valence-corrected chi connectivity index (χ4v) is 2.51. The summed E-state index contributed by atoms with van der Waals surface area (Å²) in [6.45, 7) is 3.50. The first-order chi connectivity index (χ1) is 10.4.